The molecule has 0 aromatic heterocycles. The number of aryl methyl sites for hydroxylation is 4. The minimum atomic E-state index is -0.616. The first kappa shape index (κ1) is 27.0. The van der Waals surface area contributed by atoms with Crippen LogP contribution < -0.4 is 4.90 Å². The molecule has 0 bridgehead atoms. The normalized spacial score (nSPS) is 14.8. The van der Waals surface area contributed by atoms with E-state index in [0.717, 1.165) is 0 Å². The fourth-order valence-corrected chi connectivity index (χ4v) is 7.22. The van der Waals surface area contributed by atoms with Crippen molar-refractivity contribution >= 4 is 5.69 Å². The first-order valence-corrected chi connectivity index (χ1v) is 15.2. The highest BCUT2D eigenvalue weighted by Crippen LogP contribution is 2.62. The molecule has 0 radical (unpaired) electrons. The minimum Gasteiger partial charge on any atom is -0.336 e. The van der Waals surface area contributed by atoms with Gasteiger partial charge in [0.05, 0.1) is 0 Å². The van der Waals surface area contributed by atoms with E-state index in [2.05, 4.69) is 184 Å². The van der Waals surface area contributed by atoms with Crippen LogP contribution >= 0.6 is 0 Å². The molecule has 0 saturated carbocycles. The summed E-state index contributed by atoms with van der Waals surface area (Å²) in [7, 11) is 0. The molecule has 1 aliphatic rings. The Balaban J connectivity index is 1.73. The monoisotopic (exact) mass is 555 g/mol. The van der Waals surface area contributed by atoms with E-state index in [1.807, 2.05) is 0 Å². The molecule has 1 heteroatoms. The van der Waals surface area contributed by atoms with Crippen LogP contribution in [0.4, 0.5) is 5.69 Å². The van der Waals surface area contributed by atoms with Crippen molar-refractivity contribution in [2.75, 3.05) is 4.90 Å². The lowest BCUT2D eigenvalue weighted by atomic mass is 9.76. The fourth-order valence-electron chi connectivity index (χ4n) is 7.22. The summed E-state index contributed by atoms with van der Waals surface area (Å²) in [5, 5.41) is 0. The Morgan fingerprint density at radius 3 is 0.907 bits per heavy atom. The molecule has 1 nitrogen and oxygen atoms in total. The van der Waals surface area contributed by atoms with Gasteiger partial charge in [-0.1, -0.05) is 162 Å². The molecule has 43 heavy (non-hydrogen) atoms. The van der Waals surface area contributed by atoms with E-state index in [1.165, 1.54) is 61.3 Å². The molecule has 0 fully saturated rings. The highest BCUT2D eigenvalue weighted by Gasteiger charge is 2.61. The van der Waals surface area contributed by atoms with Crippen molar-refractivity contribution in [1.82, 2.24) is 0 Å². The maximum atomic E-state index is 2.72. The minimum absolute atomic E-state index is 0.616. The Bertz CT molecular complexity index is 1650. The van der Waals surface area contributed by atoms with Gasteiger partial charge in [0.2, 0.25) is 0 Å². The molecular formula is C42H37N. The van der Waals surface area contributed by atoms with E-state index in [4.69, 9.17) is 0 Å². The lowest BCUT2D eigenvalue weighted by Gasteiger charge is -2.50. The van der Waals surface area contributed by atoms with Gasteiger partial charge in [-0.25, -0.2) is 0 Å². The van der Waals surface area contributed by atoms with Crippen LogP contribution in [0.25, 0.3) is 0 Å². The zero-order chi connectivity index (χ0) is 29.6. The van der Waals surface area contributed by atoms with Crippen molar-refractivity contribution in [3.8, 4) is 0 Å². The van der Waals surface area contributed by atoms with E-state index in [1.54, 1.807) is 0 Å². The number of rotatable bonds is 5. The molecule has 0 N–H and O–H groups in total. The highest BCUT2D eigenvalue weighted by atomic mass is 15.3. The lowest BCUT2D eigenvalue weighted by molar-refractivity contribution is 0.496. The summed E-state index contributed by atoms with van der Waals surface area (Å²) < 4.78 is 0. The Morgan fingerprint density at radius 2 is 0.605 bits per heavy atom. The van der Waals surface area contributed by atoms with Crippen LogP contribution in [0, 0.1) is 27.7 Å². The number of nitrogens with zero attached hydrogens (tertiary/aromatic N) is 1. The van der Waals surface area contributed by atoms with Crippen molar-refractivity contribution in [2.24, 2.45) is 0 Å². The molecule has 0 saturated heterocycles. The zero-order valence-electron chi connectivity index (χ0n) is 25.4. The number of para-hydroxylation sites is 1. The van der Waals surface area contributed by atoms with E-state index >= 15 is 0 Å². The topological polar surface area (TPSA) is 3.24 Å². The maximum Gasteiger partial charge on any atom is 0.118 e. The summed E-state index contributed by atoms with van der Waals surface area (Å²) in [6.45, 7) is 8.68. The smallest absolute Gasteiger partial charge is 0.118 e. The molecule has 0 amide bonds. The average Bonchev–Trinajstić information content (AvgIpc) is 3.32. The van der Waals surface area contributed by atoms with Crippen LogP contribution in [0.2, 0.25) is 0 Å². The molecule has 7 rings (SSSR count). The number of hydrogen-bond donors (Lipinski definition) is 0. The van der Waals surface area contributed by atoms with Crippen molar-refractivity contribution in [3.63, 3.8) is 0 Å². The second-order valence-corrected chi connectivity index (χ2v) is 12.1. The summed E-state index contributed by atoms with van der Waals surface area (Å²) in [4.78, 5) is 2.72. The predicted molar refractivity (Wildman–Crippen MR) is 180 cm³/mol. The van der Waals surface area contributed by atoms with Crippen LogP contribution in [0.1, 0.15) is 55.6 Å². The Morgan fingerprint density at radius 1 is 0.326 bits per heavy atom. The lowest BCUT2D eigenvalue weighted by Crippen LogP contribution is -2.54. The second kappa shape index (κ2) is 10.4. The molecule has 0 spiro atoms. The van der Waals surface area contributed by atoms with Crippen LogP contribution in [-0.4, -0.2) is 0 Å². The highest BCUT2D eigenvalue weighted by molar-refractivity contribution is 5.78. The van der Waals surface area contributed by atoms with Crippen LogP contribution in [0.3, 0.4) is 0 Å². The maximum absolute atomic E-state index is 2.72. The zero-order valence-corrected chi connectivity index (χ0v) is 25.4. The summed E-state index contributed by atoms with van der Waals surface area (Å²) in [6, 6.07) is 56.9. The predicted octanol–water partition coefficient (Wildman–Crippen LogP) is 10.0. The van der Waals surface area contributed by atoms with Gasteiger partial charge < -0.3 is 4.90 Å². The quantitative estimate of drug-likeness (QED) is 0.205. The van der Waals surface area contributed by atoms with Gasteiger partial charge in [0.25, 0.3) is 0 Å². The third kappa shape index (κ3) is 4.07. The summed E-state index contributed by atoms with van der Waals surface area (Å²) >= 11 is 0. The van der Waals surface area contributed by atoms with Gasteiger partial charge in [0.15, 0.2) is 0 Å². The number of benzene rings is 6. The van der Waals surface area contributed by atoms with Gasteiger partial charge in [0, 0.05) is 5.69 Å². The van der Waals surface area contributed by atoms with E-state index in [9.17, 15) is 0 Å². The fraction of sp³-hybridized carbons (Fsp3) is 0.143. The molecule has 1 heterocycles. The molecule has 1 aliphatic heterocycles. The van der Waals surface area contributed by atoms with E-state index < -0.39 is 11.1 Å². The Kier molecular flexibility index (Phi) is 6.55. The molecule has 0 unspecified atom stereocenters. The SMILES string of the molecule is Cc1ccc(C2(c3ccc(C)cc3)c3ccccc3C(c3ccc(C)cc3)(c3ccc(C)cc3)N2c2ccccc2)cc1. The molecule has 6 aromatic carbocycles. The molecule has 0 atom stereocenters. The third-order valence-corrected chi connectivity index (χ3v) is 9.27. The van der Waals surface area contributed by atoms with Crippen molar-refractivity contribution in [2.45, 2.75) is 38.8 Å². The van der Waals surface area contributed by atoms with Crippen molar-refractivity contribution in [3.05, 3.63) is 207 Å². The average molecular weight is 556 g/mol. The summed E-state index contributed by atoms with van der Waals surface area (Å²) in [5.41, 5.74) is 12.5. The van der Waals surface area contributed by atoms with Crippen LogP contribution in [0.5, 0.6) is 0 Å². The van der Waals surface area contributed by atoms with Gasteiger partial charge in [-0.3, -0.25) is 0 Å². The van der Waals surface area contributed by atoms with Crippen LogP contribution in [0.15, 0.2) is 152 Å². The number of anilines is 1. The summed E-state index contributed by atoms with van der Waals surface area (Å²) in [5.74, 6) is 0. The number of hydrogen-bond acceptors (Lipinski definition) is 1. The first-order chi connectivity index (χ1) is 21.0. The Labute approximate surface area is 256 Å². The van der Waals surface area contributed by atoms with Gasteiger partial charge >= 0.3 is 0 Å². The van der Waals surface area contributed by atoms with Gasteiger partial charge in [-0.15, -0.1) is 0 Å². The van der Waals surface area contributed by atoms with Gasteiger partial charge in [0.1, 0.15) is 11.1 Å². The third-order valence-electron chi connectivity index (χ3n) is 9.27. The standard InChI is InChI=1S/C42H37N/c1-30-14-22-34(23-15-30)41(35-24-16-31(2)17-25-35)39-12-8-9-13-40(39)42(36-26-18-32(3)19-27-36,37-28-20-33(4)21-29-37)43(41)38-10-6-5-7-11-38/h5-29H,1-4H3. The van der Waals surface area contributed by atoms with Crippen molar-refractivity contribution < 1.29 is 0 Å². The van der Waals surface area contributed by atoms with Crippen molar-refractivity contribution in [1.29, 1.82) is 0 Å². The Hall–Kier alpha value is -4.88. The molecule has 6 aromatic rings. The first-order valence-electron chi connectivity index (χ1n) is 15.2. The molecule has 0 aliphatic carbocycles. The van der Waals surface area contributed by atoms with E-state index in [0.29, 0.717) is 0 Å². The van der Waals surface area contributed by atoms with Gasteiger partial charge in [-0.05, 0) is 73.2 Å². The largest absolute Gasteiger partial charge is 0.336 e. The molecular weight excluding hydrogens is 518 g/mol. The number of fused-ring (bicyclic) bond motifs is 1. The van der Waals surface area contributed by atoms with E-state index in [-0.39, 0.29) is 0 Å². The molecule has 210 valence electrons. The second-order valence-electron chi connectivity index (χ2n) is 12.1. The summed E-state index contributed by atoms with van der Waals surface area (Å²) in [6.07, 6.45) is 0. The van der Waals surface area contributed by atoms with Gasteiger partial charge in [-0.2, -0.15) is 0 Å². The van der Waals surface area contributed by atoms with Crippen LogP contribution in [-0.2, 0) is 11.1 Å².